The van der Waals surface area contributed by atoms with E-state index in [1.54, 1.807) is 32.4 Å². The van der Waals surface area contributed by atoms with Crippen molar-refractivity contribution in [3.05, 3.63) is 45.8 Å². The maximum atomic E-state index is 12.1. The number of carbonyl (C=O) groups excluding carboxylic acids is 1. The second-order valence-corrected chi connectivity index (χ2v) is 7.58. The van der Waals surface area contributed by atoms with E-state index < -0.39 is 0 Å². The number of amides is 1. The first-order valence-electron chi connectivity index (χ1n) is 8.62. The molecule has 1 aliphatic carbocycles. The summed E-state index contributed by atoms with van der Waals surface area (Å²) in [4.78, 5) is 13.4. The van der Waals surface area contributed by atoms with Crippen LogP contribution < -0.4 is 20.1 Å². The van der Waals surface area contributed by atoms with Gasteiger partial charge in [0.1, 0.15) is 11.1 Å². The Labute approximate surface area is 172 Å². The second-order valence-electron chi connectivity index (χ2n) is 6.06. The number of fused-ring (bicyclic) bond motifs is 1. The average Bonchev–Trinajstić information content (AvgIpc) is 3.26. The van der Waals surface area contributed by atoms with Gasteiger partial charge in [-0.05, 0) is 60.8 Å². The Hall–Kier alpha value is -2.89. The molecule has 0 saturated carbocycles. The molecule has 8 heteroatoms. The van der Waals surface area contributed by atoms with Crippen LogP contribution in [0.4, 0.5) is 5.00 Å². The number of hydrogen-bond donors (Lipinski definition) is 2. The number of nitriles is 1. The summed E-state index contributed by atoms with van der Waals surface area (Å²) in [6.07, 6.45) is 6.03. The quantitative estimate of drug-likeness (QED) is 0.575. The van der Waals surface area contributed by atoms with Crippen molar-refractivity contribution in [2.24, 2.45) is 0 Å². The Kier molecular flexibility index (Phi) is 6.29. The van der Waals surface area contributed by atoms with Gasteiger partial charge in [0.05, 0.1) is 19.8 Å². The highest BCUT2D eigenvalue weighted by molar-refractivity contribution is 7.80. The van der Waals surface area contributed by atoms with Crippen LogP contribution in [-0.4, -0.2) is 25.2 Å². The molecule has 1 aromatic heterocycles. The molecule has 0 spiro atoms. The average molecular weight is 414 g/mol. The van der Waals surface area contributed by atoms with Crippen LogP contribution >= 0.6 is 23.6 Å². The van der Waals surface area contributed by atoms with E-state index in [1.807, 2.05) is 6.07 Å². The predicted octanol–water partition coefficient (Wildman–Crippen LogP) is 3.65. The Morgan fingerprint density at radius 1 is 1.29 bits per heavy atom. The van der Waals surface area contributed by atoms with Crippen molar-refractivity contribution in [3.63, 3.8) is 0 Å². The lowest BCUT2D eigenvalue weighted by Crippen LogP contribution is -2.32. The SMILES string of the molecule is COc1ccc(/C=C/C(=O)NC(=S)Nc2sc3c(c2C#N)CCC3)cc1OC. The van der Waals surface area contributed by atoms with Crippen molar-refractivity contribution in [3.8, 4) is 17.6 Å². The summed E-state index contributed by atoms with van der Waals surface area (Å²) in [5.41, 5.74) is 2.53. The molecule has 0 bridgehead atoms. The van der Waals surface area contributed by atoms with E-state index in [-0.39, 0.29) is 11.0 Å². The van der Waals surface area contributed by atoms with Crippen molar-refractivity contribution in [1.82, 2.24) is 5.32 Å². The molecule has 1 aromatic carbocycles. The molecule has 1 aliphatic rings. The third-order valence-electron chi connectivity index (χ3n) is 4.33. The van der Waals surface area contributed by atoms with Crippen molar-refractivity contribution < 1.29 is 14.3 Å². The van der Waals surface area contributed by atoms with Gasteiger partial charge in [0, 0.05) is 11.0 Å². The van der Waals surface area contributed by atoms with E-state index >= 15 is 0 Å². The van der Waals surface area contributed by atoms with Crippen LogP contribution in [0.15, 0.2) is 24.3 Å². The number of benzene rings is 1. The van der Waals surface area contributed by atoms with Gasteiger partial charge < -0.3 is 14.8 Å². The summed E-state index contributed by atoms with van der Waals surface area (Å²) in [6, 6.07) is 7.59. The zero-order chi connectivity index (χ0) is 20.1. The third kappa shape index (κ3) is 4.32. The molecule has 3 rings (SSSR count). The smallest absolute Gasteiger partial charge is 0.250 e. The van der Waals surface area contributed by atoms with Gasteiger partial charge in [0.2, 0.25) is 5.91 Å². The zero-order valence-corrected chi connectivity index (χ0v) is 17.1. The summed E-state index contributed by atoms with van der Waals surface area (Å²) in [6.45, 7) is 0. The number of anilines is 1. The summed E-state index contributed by atoms with van der Waals surface area (Å²) in [5.74, 6) is 0.831. The first-order chi connectivity index (χ1) is 13.5. The minimum Gasteiger partial charge on any atom is -0.493 e. The number of methoxy groups -OCH3 is 2. The van der Waals surface area contributed by atoms with E-state index in [9.17, 15) is 10.1 Å². The number of carbonyl (C=O) groups is 1. The summed E-state index contributed by atoms with van der Waals surface area (Å²) >= 11 is 6.74. The first-order valence-corrected chi connectivity index (χ1v) is 9.85. The van der Waals surface area contributed by atoms with Crippen LogP contribution in [0.25, 0.3) is 6.08 Å². The topological polar surface area (TPSA) is 83.4 Å². The maximum absolute atomic E-state index is 12.1. The number of nitrogens with zero attached hydrogens (tertiary/aromatic N) is 1. The Bertz CT molecular complexity index is 989. The molecule has 0 radical (unpaired) electrons. The lowest BCUT2D eigenvalue weighted by Gasteiger charge is -2.08. The molecule has 144 valence electrons. The highest BCUT2D eigenvalue weighted by Gasteiger charge is 2.22. The fourth-order valence-corrected chi connectivity index (χ4v) is 4.54. The summed E-state index contributed by atoms with van der Waals surface area (Å²) < 4.78 is 10.4. The molecule has 0 saturated heterocycles. The molecule has 2 aromatic rings. The van der Waals surface area contributed by atoms with Crippen LogP contribution in [-0.2, 0) is 17.6 Å². The lowest BCUT2D eigenvalue weighted by molar-refractivity contribution is -0.115. The standard InChI is InChI=1S/C20H19N3O3S2/c1-25-15-8-6-12(10-16(15)26-2)7-9-18(24)22-20(27)23-19-14(11-21)13-4-3-5-17(13)28-19/h6-10H,3-5H2,1-2H3,(H2,22,23,24,27)/b9-7+. The third-order valence-corrected chi connectivity index (χ3v) is 5.74. The maximum Gasteiger partial charge on any atom is 0.250 e. The van der Waals surface area contributed by atoms with Gasteiger partial charge >= 0.3 is 0 Å². The molecular weight excluding hydrogens is 394 g/mol. The van der Waals surface area contributed by atoms with Crippen molar-refractivity contribution in [2.45, 2.75) is 19.3 Å². The molecule has 0 atom stereocenters. The van der Waals surface area contributed by atoms with E-state index in [0.717, 1.165) is 30.4 Å². The van der Waals surface area contributed by atoms with E-state index in [0.29, 0.717) is 22.1 Å². The largest absolute Gasteiger partial charge is 0.493 e. The Morgan fingerprint density at radius 2 is 2.07 bits per heavy atom. The van der Waals surface area contributed by atoms with Gasteiger partial charge in [-0.3, -0.25) is 10.1 Å². The molecule has 0 aliphatic heterocycles. The normalized spacial score (nSPS) is 12.3. The van der Waals surface area contributed by atoms with Crippen molar-refractivity contribution in [1.29, 1.82) is 5.26 Å². The van der Waals surface area contributed by atoms with E-state index in [2.05, 4.69) is 16.7 Å². The summed E-state index contributed by atoms with van der Waals surface area (Å²) in [5, 5.41) is 15.9. The Morgan fingerprint density at radius 3 is 2.79 bits per heavy atom. The van der Waals surface area contributed by atoms with Gasteiger partial charge in [0.25, 0.3) is 0 Å². The molecule has 6 nitrogen and oxygen atoms in total. The fraction of sp³-hybridized carbons (Fsp3) is 0.250. The zero-order valence-electron chi connectivity index (χ0n) is 15.5. The second kappa shape index (κ2) is 8.87. The van der Waals surface area contributed by atoms with Crippen LogP contribution in [0.3, 0.4) is 0 Å². The molecule has 2 N–H and O–H groups in total. The number of thiocarbonyl (C=S) groups is 1. The molecule has 28 heavy (non-hydrogen) atoms. The number of nitrogens with one attached hydrogen (secondary N) is 2. The number of rotatable bonds is 5. The van der Waals surface area contributed by atoms with Gasteiger partial charge in [0.15, 0.2) is 16.6 Å². The Balaban J connectivity index is 1.62. The van der Waals surface area contributed by atoms with E-state index in [1.165, 1.54) is 22.3 Å². The number of thiophene rings is 1. The van der Waals surface area contributed by atoms with Crippen molar-refractivity contribution >= 4 is 45.7 Å². The molecule has 0 fully saturated rings. The van der Waals surface area contributed by atoms with Crippen LogP contribution in [0, 0.1) is 11.3 Å². The molecule has 1 heterocycles. The highest BCUT2D eigenvalue weighted by atomic mass is 32.1. The van der Waals surface area contributed by atoms with Crippen LogP contribution in [0.5, 0.6) is 11.5 Å². The minimum atomic E-state index is -0.366. The van der Waals surface area contributed by atoms with Gasteiger partial charge in [-0.1, -0.05) is 6.07 Å². The summed E-state index contributed by atoms with van der Waals surface area (Å²) in [7, 11) is 3.12. The van der Waals surface area contributed by atoms with Crippen LogP contribution in [0.1, 0.15) is 28.0 Å². The van der Waals surface area contributed by atoms with Gasteiger partial charge in [-0.25, -0.2) is 0 Å². The highest BCUT2D eigenvalue weighted by Crippen LogP contribution is 2.38. The monoisotopic (exact) mass is 413 g/mol. The van der Waals surface area contributed by atoms with E-state index in [4.69, 9.17) is 21.7 Å². The molecule has 1 amide bonds. The number of hydrogen-bond acceptors (Lipinski definition) is 6. The molecule has 0 unspecified atom stereocenters. The number of ether oxygens (including phenoxy) is 2. The first kappa shape index (κ1) is 19.9. The molecular formula is C20H19N3O3S2. The minimum absolute atomic E-state index is 0.165. The van der Waals surface area contributed by atoms with Gasteiger partial charge in [-0.15, -0.1) is 11.3 Å². The van der Waals surface area contributed by atoms with Crippen molar-refractivity contribution in [2.75, 3.05) is 19.5 Å². The lowest BCUT2D eigenvalue weighted by atomic mass is 10.1. The van der Waals surface area contributed by atoms with Crippen LogP contribution in [0.2, 0.25) is 0 Å². The fourth-order valence-electron chi connectivity index (χ4n) is 3.03. The predicted molar refractivity (Wildman–Crippen MR) is 114 cm³/mol. The number of aryl methyl sites for hydroxylation is 1. The van der Waals surface area contributed by atoms with Gasteiger partial charge in [-0.2, -0.15) is 5.26 Å².